The first kappa shape index (κ1) is 13.6. The Morgan fingerprint density at radius 3 is 2.21 bits per heavy atom. The molecule has 0 heterocycles. The molecule has 6 nitrogen and oxygen atoms in total. The summed E-state index contributed by atoms with van der Waals surface area (Å²) in [6.07, 6.45) is 0. The lowest BCUT2D eigenvalue weighted by molar-refractivity contribution is -0.156. The molecule has 0 fully saturated rings. The summed E-state index contributed by atoms with van der Waals surface area (Å²) in [5, 5.41) is 0. The van der Waals surface area contributed by atoms with Crippen LogP contribution in [-0.2, 0) is 26.1 Å². The zero-order valence-electron chi connectivity index (χ0n) is 7.36. The molecule has 0 amide bonds. The van der Waals surface area contributed by atoms with Gasteiger partial charge in [-0.3, -0.25) is 4.79 Å². The smallest absolute Gasteiger partial charge is 0.344 e. The van der Waals surface area contributed by atoms with Crippen LogP contribution >= 0.6 is 21.2 Å². The van der Waals surface area contributed by atoms with Gasteiger partial charge < -0.3 is 9.47 Å². The molecule has 14 heavy (non-hydrogen) atoms. The highest BCUT2D eigenvalue weighted by molar-refractivity contribution is 14.2. The van der Waals surface area contributed by atoms with Crippen molar-refractivity contribution >= 4 is 40.2 Å². The summed E-state index contributed by atoms with van der Waals surface area (Å²) >= 11 is 1.12. The predicted molar refractivity (Wildman–Crippen MR) is 55.4 cm³/mol. The summed E-state index contributed by atoms with van der Waals surface area (Å²) in [6, 6.07) is 0. The summed E-state index contributed by atoms with van der Waals surface area (Å²) in [6.45, 7) is 1.23. The van der Waals surface area contributed by atoms with E-state index in [0.29, 0.717) is 0 Å². The summed E-state index contributed by atoms with van der Waals surface area (Å²) in [5.74, 6) is -2.41. The SMILES string of the molecule is CCOC(=O)COC(=O)CS(=O)(=O)I. The molecule has 0 aromatic rings. The van der Waals surface area contributed by atoms with E-state index in [4.69, 9.17) is 0 Å². The van der Waals surface area contributed by atoms with Gasteiger partial charge in [-0.2, -0.15) is 0 Å². The van der Waals surface area contributed by atoms with Crippen molar-refractivity contribution in [1.82, 2.24) is 0 Å². The van der Waals surface area contributed by atoms with Gasteiger partial charge in [0.15, 0.2) is 12.4 Å². The zero-order valence-corrected chi connectivity index (χ0v) is 10.3. The minimum absolute atomic E-state index is 0.182. The van der Waals surface area contributed by atoms with Crippen molar-refractivity contribution in [3.05, 3.63) is 0 Å². The van der Waals surface area contributed by atoms with Crippen LogP contribution in [-0.4, -0.2) is 39.3 Å². The number of rotatable bonds is 5. The molecule has 0 radical (unpaired) electrons. The molecule has 0 spiro atoms. The number of hydrogen-bond donors (Lipinski definition) is 0. The van der Waals surface area contributed by atoms with Gasteiger partial charge in [0, 0.05) is 0 Å². The number of carbonyl (C=O) groups is 2. The van der Waals surface area contributed by atoms with Crippen LogP contribution in [0.4, 0.5) is 0 Å². The van der Waals surface area contributed by atoms with Crippen molar-refractivity contribution in [3.8, 4) is 0 Å². The largest absolute Gasteiger partial charge is 0.463 e. The van der Waals surface area contributed by atoms with Crippen molar-refractivity contribution in [3.63, 3.8) is 0 Å². The number of esters is 2. The number of ether oxygens (including phenoxy) is 2. The minimum atomic E-state index is -3.44. The molecule has 82 valence electrons. The van der Waals surface area contributed by atoms with Gasteiger partial charge in [0.1, 0.15) is 0 Å². The van der Waals surface area contributed by atoms with E-state index >= 15 is 0 Å². The summed E-state index contributed by atoms with van der Waals surface area (Å²) in [7, 11) is -3.44. The Morgan fingerprint density at radius 2 is 1.79 bits per heavy atom. The molecule has 0 unspecified atom stereocenters. The first-order valence-electron chi connectivity index (χ1n) is 3.58. The third-order valence-electron chi connectivity index (χ3n) is 0.947. The Balaban J connectivity index is 3.81. The number of carbonyl (C=O) groups excluding carboxylic acids is 2. The average Bonchev–Trinajstić information content (AvgIpc) is 1.98. The molecule has 0 aliphatic carbocycles. The zero-order chi connectivity index (χ0) is 11.2. The van der Waals surface area contributed by atoms with Crippen LogP contribution in [0.5, 0.6) is 0 Å². The summed E-state index contributed by atoms with van der Waals surface area (Å²) in [4.78, 5) is 21.4. The lowest BCUT2D eigenvalue weighted by Crippen LogP contribution is -2.20. The fourth-order valence-corrected chi connectivity index (χ4v) is 1.65. The topological polar surface area (TPSA) is 86.7 Å². The van der Waals surface area contributed by atoms with Gasteiger partial charge in [-0.15, -0.1) is 0 Å². The molecule has 0 saturated heterocycles. The molecular formula is C6H9IO6S. The van der Waals surface area contributed by atoms with E-state index in [1.165, 1.54) is 0 Å². The Kier molecular flexibility index (Phi) is 6.00. The lowest BCUT2D eigenvalue weighted by Gasteiger charge is -2.02. The van der Waals surface area contributed by atoms with Crippen LogP contribution in [0.15, 0.2) is 0 Å². The molecule has 8 heteroatoms. The second kappa shape index (κ2) is 6.17. The monoisotopic (exact) mass is 336 g/mol. The second-order valence-corrected chi connectivity index (χ2v) is 7.54. The van der Waals surface area contributed by atoms with Gasteiger partial charge in [0.25, 0.3) is 0 Å². The molecule has 0 aliphatic rings. The summed E-state index contributed by atoms with van der Waals surface area (Å²) < 4.78 is 30.0. The quantitative estimate of drug-likeness (QED) is 0.395. The van der Waals surface area contributed by atoms with Crippen LogP contribution in [0.1, 0.15) is 6.92 Å². The van der Waals surface area contributed by atoms with E-state index in [0.717, 1.165) is 21.2 Å². The van der Waals surface area contributed by atoms with Crippen molar-refractivity contribution in [2.45, 2.75) is 6.92 Å². The van der Waals surface area contributed by atoms with Gasteiger partial charge in [-0.1, -0.05) is 0 Å². The minimum Gasteiger partial charge on any atom is -0.463 e. The predicted octanol–water partition coefficient (Wildman–Crippen LogP) is -0.142. The van der Waals surface area contributed by atoms with E-state index in [2.05, 4.69) is 9.47 Å². The fourth-order valence-electron chi connectivity index (χ4n) is 0.525. The van der Waals surface area contributed by atoms with Gasteiger partial charge in [0.2, 0.25) is 7.01 Å². The normalized spacial score (nSPS) is 10.7. The van der Waals surface area contributed by atoms with Crippen molar-refractivity contribution in [2.24, 2.45) is 0 Å². The first-order chi connectivity index (χ1) is 6.35. The fraction of sp³-hybridized carbons (Fsp3) is 0.667. The maximum Gasteiger partial charge on any atom is 0.344 e. The summed E-state index contributed by atoms with van der Waals surface area (Å²) in [5.41, 5.74) is 0. The molecule has 0 saturated carbocycles. The first-order valence-corrected chi connectivity index (χ1v) is 7.78. The molecule has 0 aromatic heterocycles. The Labute approximate surface area is 93.4 Å². The highest BCUT2D eigenvalue weighted by Crippen LogP contribution is 2.01. The van der Waals surface area contributed by atoms with Crippen LogP contribution < -0.4 is 0 Å². The van der Waals surface area contributed by atoms with E-state index in [9.17, 15) is 18.0 Å². The molecule has 0 aliphatic heterocycles. The van der Waals surface area contributed by atoms with E-state index in [1.54, 1.807) is 6.92 Å². The van der Waals surface area contributed by atoms with Crippen molar-refractivity contribution in [2.75, 3.05) is 19.0 Å². The standard InChI is InChI=1S/C6H9IO6S/c1-2-12-5(8)3-13-6(9)4-14(7,10)11/h2-4H2,1H3. The Bertz CT molecular complexity index is 308. The van der Waals surface area contributed by atoms with Crippen molar-refractivity contribution < 1.29 is 27.5 Å². The van der Waals surface area contributed by atoms with E-state index in [1.807, 2.05) is 0 Å². The third-order valence-corrected chi connectivity index (χ3v) is 2.46. The molecule has 0 rings (SSSR count). The number of hydrogen-bond acceptors (Lipinski definition) is 6. The maximum absolute atomic E-state index is 10.8. The number of halogens is 1. The van der Waals surface area contributed by atoms with E-state index < -0.39 is 31.3 Å². The van der Waals surface area contributed by atoms with Crippen LogP contribution in [0.25, 0.3) is 0 Å². The Hall–Kier alpha value is -0.380. The molecular weight excluding hydrogens is 327 g/mol. The Morgan fingerprint density at radius 1 is 1.21 bits per heavy atom. The molecule has 0 atom stereocenters. The van der Waals surface area contributed by atoms with Gasteiger partial charge in [-0.05, 0) is 6.92 Å². The second-order valence-electron chi connectivity index (χ2n) is 2.15. The molecule has 0 N–H and O–H groups in total. The van der Waals surface area contributed by atoms with Crippen LogP contribution in [0, 0.1) is 0 Å². The van der Waals surface area contributed by atoms with E-state index in [-0.39, 0.29) is 6.61 Å². The van der Waals surface area contributed by atoms with Crippen LogP contribution in [0.2, 0.25) is 0 Å². The average molecular weight is 336 g/mol. The molecule has 0 bridgehead atoms. The van der Waals surface area contributed by atoms with Crippen molar-refractivity contribution in [1.29, 1.82) is 0 Å². The highest BCUT2D eigenvalue weighted by atomic mass is 127. The van der Waals surface area contributed by atoms with Gasteiger partial charge >= 0.3 is 11.9 Å². The highest BCUT2D eigenvalue weighted by Gasteiger charge is 2.15. The van der Waals surface area contributed by atoms with Crippen LogP contribution in [0.3, 0.4) is 0 Å². The lowest BCUT2D eigenvalue weighted by atomic mass is 10.7. The third kappa shape index (κ3) is 8.23. The van der Waals surface area contributed by atoms with Gasteiger partial charge in [-0.25, -0.2) is 13.2 Å². The van der Waals surface area contributed by atoms with Gasteiger partial charge in [0.05, 0.1) is 27.8 Å². The maximum atomic E-state index is 10.8. The molecule has 0 aromatic carbocycles.